The Bertz CT molecular complexity index is 1240. The van der Waals surface area contributed by atoms with Gasteiger partial charge in [0.25, 0.3) is 0 Å². The molecule has 1 fully saturated rings. The highest BCUT2D eigenvalue weighted by Gasteiger charge is 2.45. The van der Waals surface area contributed by atoms with Gasteiger partial charge in [-0.15, -0.1) is 0 Å². The number of anilines is 2. The molecule has 7 heteroatoms. The predicted molar refractivity (Wildman–Crippen MR) is 137 cm³/mol. The van der Waals surface area contributed by atoms with Gasteiger partial charge in [0, 0.05) is 30.9 Å². The summed E-state index contributed by atoms with van der Waals surface area (Å²) < 4.78 is 10.6. The van der Waals surface area contributed by atoms with E-state index >= 15 is 0 Å². The second-order valence-corrected chi connectivity index (χ2v) is 9.12. The van der Waals surface area contributed by atoms with E-state index in [9.17, 15) is 0 Å². The molecule has 35 heavy (non-hydrogen) atoms. The number of nitrogens with zero attached hydrogens (tertiary/aromatic N) is 3. The molecule has 1 atom stereocenters. The number of methoxy groups -OCH3 is 2. The van der Waals surface area contributed by atoms with E-state index < -0.39 is 0 Å². The zero-order valence-electron chi connectivity index (χ0n) is 20.2. The molecule has 2 aliphatic rings. The number of benzene rings is 2. The number of piperidine rings is 1. The molecule has 2 aromatic carbocycles. The van der Waals surface area contributed by atoms with Crippen molar-refractivity contribution >= 4 is 11.5 Å². The fourth-order valence-electron chi connectivity index (χ4n) is 5.20. The molecule has 0 bridgehead atoms. The van der Waals surface area contributed by atoms with E-state index in [-0.39, 0.29) is 11.5 Å². The molecule has 3 N–H and O–H groups in total. The Morgan fingerprint density at radius 3 is 2.66 bits per heavy atom. The van der Waals surface area contributed by atoms with Crippen molar-refractivity contribution in [1.82, 2.24) is 9.97 Å². The minimum absolute atomic E-state index is 0.112. The van der Waals surface area contributed by atoms with Crippen molar-refractivity contribution in [3.05, 3.63) is 71.7 Å². The van der Waals surface area contributed by atoms with Crippen LogP contribution < -0.4 is 25.4 Å². The lowest BCUT2D eigenvalue weighted by molar-refractivity contribution is 0.187. The van der Waals surface area contributed by atoms with Crippen LogP contribution in [0.1, 0.15) is 35.7 Å². The van der Waals surface area contributed by atoms with E-state index in [1.54, 1.807) is 20.4 Å². The summed E-state index contributed by atoms with van der Waals surface area (Å²) >= 11 is 0. The highest BCUT2D eigenvalue weighted by Crippen LogP contribution is 2.50. The Hall–Kier alpha value is -3.76. The molecule has 0 saturated carbocycles. The summed E-state index contributed by atoms with van der Waals surface area (Å²) in [4.78, 5) is 11.2. The van der Waals surface area contributed by atoms with Gasteiger partial charge in [-0.05, 0) is 53.9 Å². The van der Waals surface area contributed by atoms with Crippen molar-refractivity contribution in [2.24, 2.45) is 11.1 Å². The van der Waals surface area contributed by atoms with E-state index in [0.717, 1.165) is 43.9 Å². The second-order valence-electron chi connectivity index (χ2n) is 9.12. The number of nitrogens with two attached hydrogens (primary N) is 1. The first-order valence-electron chi connectivity index (χ1n) is 11.9. The smallest absolute Gasteiger partial charge is 0.162 e. The average molecular weight is 469 g/mol. The van der Waals surface area contributed by atoms with Gasteiger partial charge < -0.3 is 25.4 Å². The lowest BCUT2D eigenvalue weighted by Gasteiger charge is -2.42. The summed E-state index contributed by atoms with van der Waals surface area (Å²) in [5.74, 6) is 8.26. The molecular weight excluding hydrogens is 438 g/mol. The standard InChI is InChI=1S/C28H30N5O2/c1-34-24-10-9-21(16-25(24)35-2)30-13-5-7-22-18-32-26(19-31-22)33-14-11-28(12-15-33)17-20-6-3-4-8-23(20)27(28)29/h3-4,6,8-10,16,18,27,30H,11-15,17,29H2,1-2H3/t27-/m1/s1. The Balaban J connectivity index is 1.15. The molecule has 2 heterocycles. The number of aromatic nitrogens is 2. The zero-order valence-corrected chi connectivity index (χ0v) is 20.2. The molecule has 5 rings (SSSR count). The highest BCUT2D eigenvalue weighted by molar-refractivity contribution is 5.55. The van der Waals surface area contributed by atoms with E-state index in [2.05, 4.69) is 62.5 Å². The van der Waals surface area contributed by atoms with Gasteiger partial charge in [0.15, 0.2) is 17.3 Å². The van der Waals surface area contributed by atoms with Gasteiger partial charge in [0.05, 0.1) is 27.0 Å². The van der Waals surface area contributed by atoms with Crippen LogP contribution in [0.5, 0.6) is 11.5 Å². The topological polar surface area (TPSA) is 85.5 Å². The minimum atomic E-state index is 0.112. The largest absolute Gasteiger partial charge is 0.493 e. The van der Waals surface area contributed by atoms with Crippen molar-refractivity contribution < 1.29 is 9.47 Å². The zero-order chi connectivity index (χ0) is 24.3. The minimum Gasteiger partial charge on any atom is -0.493 e. The van der Waals surface area contributed by atoms with E-state index in [0.29, 0.717) is 23.7 Å². The molecule has 0 unspecified atom stereocenters. The van der Waals surface area contributed by atoms with Crippen LogP contribution in [-0.4, -0.2) is 43.8 Å². The lowest BCUT2D eigenvalue weighted by atomic mass is 9.73. The van der Waals surface area contributed by atoms with E-state index in [4.69, 9.17) is 15.2 Å². The van der Waals surface area contributed by atoms with E-state index in [1.165, 1.54) is 11.1 Å². The number of rotatable bonds is 5. The fourth-order valence-corrected chi connectivity index (χ4v) is 5.20. The Morgan fingerprint density at radius 2 is 1.94 bits per heavy atom. The molecule has 3 aromatic rings. The van der Waals surface area contributed by atoms with Gasteiger partial charge in [-0.2, -0.15) is 0 Å². The maximum Gasteiger partial charge on any atom is 0.162 e. The first-order valence-corrected chi connectivity index (χ1v) is 11.9. The normalized spacial score (nSPS) is 17.9. The Kier molecular flexibility index (Phi) is 6.47. The van der Waals surface area contributed by atoms with Crippen molar-refractivity contribution in [3.63, 3.8) is 0 Å². The van der Waals surface area contributed by atoms with Crippen molar-refractivity contribution in [2.75, 3.05) is 44.1 Å². The molecule has 1 aliphatic heterocycles. The molecule has 7 nitrogen and oxygen atoms in total. The summed E-state index contributed by atoms with van der Waals surface area (Å²) in [6.45, 7) is 2.29. The fraction of sp³-hybridized carbons (Fsp3) is 0.357. The Labute approximate surface area is 206 Å². The van der Waals surface area contributed by atoms with Crippen molar-refractivity contribution in [3.8, 4) is 23.3 Å². The molecule has 1 saturated heterocycles. The maximum absolute atomic E-state index is 6.70. The quantitative estimate of drug-likeness (QED) is 0.554. The summed E-state index contributed by atoms with van der Waals surface area (Å²) in [6, 6.07) is 14.4. The van der Waals surface area contributed by atoms with Gasteiger partial charge in [-0.25, -0.2) is 9.97 Å². The first-order chi connectivity index (χ1) is 17.1. The summed E-state index contributed by atoms with van der Waals surface area (Å²) in [5.41, 5.74) is 11.1. The van der Waals surface area contributed by atoms with Gasteiger partial charge in [-0.3, -0.25) is 0 Å². The second kappa shape index (κ2) is 9.85. The number of nitrogens with one attached hydrogen (secondary N) is 1. The van der Waals surface area contributed by atoms with E-state index in [1.807, 2.05) is 18.2 Å². The third kappa shape index (κ3) is 4.62. The van der Waals surface area contributed by atoms with Gasteiger partial charge in [0.1, 0.15) is 11.9 Å². The van der Waals surface area contributed by atoms with Crippen molar-refractivity contribution in [1.29, 1.82) is 0 Å². The van der Waals surface area contributed by atoms with Crippen molar-refractivity contribution in [2.45, 2.75) is 25.3 Å². The number of fused-ring (bicyclic) bond motifs is 1. The highest BCUT2D eigenvalue weighted by atomic mass is 16.5. The van der Waals surface area contributed by atoms with Crippen LogP contribution in [0.3, 0.4) is 0 Å². The monoisotopic (exact) mass is 468 g/mol. The predicted octanol–water partition coefficient (Wildman–Crippen LogP) is 3.60. The molecule has 179 valence electrons. The lowest BCUT2D eigenvalue weighted by Crippen LogP contribution is -2.44. The molecule has 0 amide bonds. The van der Waals surface area contributed by atoms with Gasteiger partial charge in [-0.1, -0.05) is 30.2 Å². The molecule has 1 aromatic heterocycles. The maximum atomic E-state index is 6.70. The third-order valence-corrected chi connectivity index (χ3v) is 7.22. The molecule has 1 radical (unpaired) electrons. The Morgan fingerprint density at radius 1 is 1.14 bits per heavy atom. The third-order valence-electron chi connectivity index (χ3n) is 7.22. The van der Waals surface area contributed by atoms with Crippen LogP contribution in [0.2, 0.25) is 0 Å². The van der Waals surface area contributed by atoms with Crippen LogP contribution in [0, 0.1) is 23.5 Å². The molecule has 1 spiro atoms. The summed E-state index contributed by atoms with van der Waals surface area (Å²) in [6.07, 6.45) is 7.96. The van der Waals surface area contributed by atoms with Crippen LogP contribution >= 0.6 is 0 Å². The van der Waals surface area contributed by atoms with Crippen LogP contribution in [-0.2, 0) is 6.42 Å². The average Bonchev–Trinajstić information content (AvgIpc) is 3.18. The number of ether oxygens (including phenoxy) is 2. The van der Waals surface area contributed by atoms with Crippen LogP contribution in [0.4, 0.5) is 11.5 Å². The number of hydrogen-bond donors (Lipinski definition) is 2. The summed E-state index contributed by atoms with van der Waals surface area (Å²) in [5, 5.41) is 3.25. The molecular formula is C28H30N5O2. The van der Waals surface area contributed by atoms with Crippen LogP contribution in [0.15, 0.2) is 48.7 Å². The molecule has 1 aliphatic carbocycles. The summed E-state index contributed by atoms with van der Waals surface area (Å²) in [7, 11) is 3.23. The number of hydrogen-bond acceptors (Lipinski definition) is 7. The van der Waals surface area contributed by atoms with Crippen LogP contribution in [0.25, 0.3) is 0 Å². The van der Waals surface area contributed by atoms with Gasteiger partial charge in [0.2, 0.25) is 0 Å². The SMILES string of the molecule is COc1ccc(NCC#Cc2cnc(N3CCC4(CC3)Cc3ccccc3[C@H]4N)[c]n2)cc1OC. The first kappa shape index (κ1) is 23.0. The van der Waals surface area contributed by atoms with Gasteiger partial charge >= 0.3 is 0 Å².